The summed E-state index contributed by atoms with van der Waals surface area (Å²) in [6.45, 7) is 6.00. The zero-order valence-corrected chi connectivity index (χ0v) is 16.4. The number of anilines is 1. The van der Waals surface area contributed by atoms with Crippen LogP contribution in [-0.4, -0.2) is 37.5 Å². The van der Waals surface area contributed by atoms with Crippen molar-refractivity contribution in [2.24, 2.45) is 7.05 Å². The minimum absolute atomic E-state index is 0.363. The molecule has 3 aromatic rings. The molecule has 4 heterocycles. The summed E-state index contributed by atoms with van der Waals surface area (Å²) in [6, 6.07) is 0. The van der Waals surface area contributed by atoms with Gasteiger partial charge in [-0.1, -0.05) is 13.8 Å². The van der Waals surface area contributed by atoms with Crippen molar-refractivity contribution in [3.05, 3.63) is 28.8 Å². The highest BCUT2D eigenvalue weighted by molar-refractivity contribution is 9.10. The van der Waals surface area contributed by atoms with Crippen molar-refractivity contribution in [2.45, 2.75) is 32.6 Å². The number of nitrogens with one attached hydrogen (secondary N) is 1. The van der Waals surface area contributed by atoms with E-state index in [1.54, 1.807) is 15.4 Å². The number of nitrogens with two attached hydrogens (primary N) is 1. The summed E-state index contributed by atoms with van der Waals surface area (Å²) < 4.78 is 4.30. The number of nitrogen functional groups attached to an aromatic ring is 1. The number of aryl methyl sites for hydroxylation is 1. The van der Waals surface area contributed by atoms with E-state index in [1.165, 1.54) is 0 Å². The lowest BCUT2D eigenvalue weighted by atomic mass is 9.96. The van der Waals surface area contributed by atoms with Crippen molar-refractivity contribution >= 4 is 27.4 Å². The quantitative estimate of drug-likeness (QED) is 0.684. The van der Waals surface area contributed by atoms with Crippen LogP contribution in [0.4, 0.5) is 5.82 Å². The Morgan fingerprint density at radius 2 is 2.08 bits per heavy atom. The number of hydrogen-bond donors (Lipinski definition) is 2. The van der Waals surface area contributed by atoms with Gasteiger partial charge >= 0.3 is 0 Å². The molecule has 0 aliphatic carbocycles. The highest BCUT2D eigenvalue weighted by atomic mass is 79.9. The molecule has 134 valence electrons. The van der Waals surface area contributed by atoms with Crippen LogP contribution in [0.5, 0.6) is 0 Å². The van der Waals surface area contributed by atoms with Crippen molar-refractivity contribution < 1.29 is 0 Å². The first-order valence-electron chi connectivity index (χ1n) is 8.67. The largest absolute Gasteiger partial charge is 0.383 e. The van der Waals surface area contributed by atoms with Crippen molar-refractivity contribution in [3.8, 4) is 11.1 Å². The molecule has 1 aliphatic heterocycles. The molecule has 0 saturated carbocycles. The Kier molecular flexibility index (Phi) is 5.39. The number of piperidine rings is 1. The van der Waals surface area contributed by atoms with Gasteiger partial charge < -0.3 is 11.1 Å². The molecular weight excluding hydrogens is 382 g/mol. The van der Waals surface area contributed by atoms with E-state index in [0.717, 1.165) is 52.9 Å². The highest BCUT2D eigenvalue weighted by Gasteiger charge is 2.23. The Hall–Kier alpha value is -1.93. The van der Waals surface area contributed by atoms with Crippen LogP contribution in [0.1, 0.15) is 38.3 Å². The monoisotopic (exact) mass is 405 g/mol. The topological polar surface area (TPSA) is 86.1 Å². The fourth-order valence-corrected chi connectivity index (χ4v) is 3.71. The predicted molar refractivity (Wildman–Crippen MR) is 103 cm³/mol. The Morgan fingerprint density at radius 1 is 1.28 bits per heavy atom. The Labute approximate surface area is 155 Å². The molecule has 0 spiro atoms. The van der Waals surface area contributed by atoms with E-state index in [4.69, 9.17) is 10.7 Å². The molecule has 1 aliphatic rings. The number of nitrogens with zero attached hydrogens (tertiary/aromatic N) is 5. The first kappa shape index (κ1) is 17.9. The van der Waals surface area contributed by atoms with Crippen LogP contribution in [0.25, 0.3) is 16.8 Å². The van der Waals surface area contributed by atoms with Gasteiger partial charge in [-0.15, -0.1) is 0 Å². The first-order valence-corrected chi connectivity index (χ1v) is 9.47. The summed E-state index contributed by atoms with van der Waals surface area (Å²) in [5.74, 6) is 0.952. The molecule has 8 heteroatoms. The van der Waals surface area contributed by atoms with Gasteiger partial charge in [0.25, 0.3) is 0 Å². The second-order valence-electron chi connectivity index (χ2n) is 5.94. The molecule has 0 aromatic carbocycles. The number of hydrogen-bond acceptors (Lipinski definition) is 5. The molecule has 1 fully saturated rings. The SMILES string of the molecule is CC.Cn1cc(-c2cnn3c(N)c(Br)c(C4CCCNC4)nc23)cn1. The summed E-state index contributed by atoms with van der Waals surface area (Å²) in [5, 5.41) is 12.1. The zero-order chi connectivity index (χ0) is 18.0. The van der Waals surface area contributed by atoms with Gasteiger partial charge in [0.15, 0.2) is 5.65 Å². The molecule has 0 amide bonds. The average Bonchev–Trinajstić information content (AvgIpc) is 3.26. The second-order valence-corrected chi connectivity index (χ2v) is 6.73. The smallest absolute Gasteiger partial charge is 0.165 e. The fourth-order valence-electron chi connectivity index (χ4n) is 3.13. The van der Waals surface area contributed by atoms with Crippen LogP contribution in [0.2, 0.25) is 0 Å². The first-order chi connectivity index (χ1) is 12.1. The number of fused-ring (bicyclic) bond motifs is 1. The Balaban J connectivity index is 0.000000880. The standard InChI is InChI=1S/C15H18BrN7.C2H6/c1-22-8-10(6-19-22)11-7-20-23-14(17)12(16)13(21-15(11)23)9-3-2-4-18-5-9;1-2/h6-9,18H,2-5,17H2,1H3;1-2H3. The number of halogens is 1. The van der Waals surface area contributed by atoms with E-state index in [9.17, 15) is 0 Å². The minimum atomic E-state index is 0.363. The lowest BCUT2D eigenvalue weighted by Crippen LogP contribution is -2.29. The van der Waals surface area contributed by atoms with Crippen LogP contribution < -0.4 is 11.1 Å². The zero-order valence-electron chi connectivity index (χ0n) is 14.8. The predicted octanol–water partition coefficient (Wildman–Crippen LogP) is 2.97. The van der Waals surface area contributed by atoms with Crippen molar-refractivity contribution in [1.82, 2.24) is 29.7 Å². The third-order valence-corrected chi connectivity index (χ3v) is 5.16. The summed E-state index contributed by atoms with van der Waals surface area (Å²) >= 11 is 3.61. The number of aromatic nitrogens is 5. The van der Waals surface area contributed by atoms with Gasteiger partial charge in [0.2, 0.25) is 0 Å². The van der Waals surface area contributed by atoms with Crippen LogP contribution >= 0.6 is 15.9 Å². The van der Waals surface area contributed by atoms with Gasteiger partial charge in [-0.05, 0) is 35.3 Å². The van der Waals surface area contributed by atoms with Gasteiger partial charge in [-0.25, -0.2) is 4.98 Å². The summed E-state index contributed by atoms with van der Waals surface area (Å²) in [4.78, 5) is 4.90. The molecule has 1 saturated heterocycles. The van der Waals surface area contributed by atoms with E-state index in [2.05, 4.69) is 31.4 Å². The lowest BCUT2D eigenvalue weighted by Gasteiger charge is -2.23. The van der Waals surface area contributed by atoms with Crippen molar-refractivity contribution in [1.29, 1.82) is 0 Å². The maximum absolute atomic E-state index is 6.29. The third-order valence-electron chi connectivity index (χ3n) is 4.35. The van der Waals surface area contributed by atoms with Crippen molar-refractivity contribution in [2.75, 3.05) is 18.8 Å². The second kappa shape index (κ2) is 7.53. The van der Waals surface area contributed by atoms with Crippen LogP contribution in [-0.2, 0) is 7.05 Å². The molecule has 7 nitrogen and oxygen atoms in total. The van der Waals surface area contributed by atoms with Gasteiger partial charge in [0.05, 0.1) is 22.6 Å². The van der Waals surface area contributed by atoms with E-state index in [-0.39, 0.29) is 0 Å². The van der Waals surface area contributed by atoms with Gasteiger partial charge in [0, 0.05) is 36.8 Å². The normalized spacial score (nSPS) is 17.4. The molecule has 1 atom stereocenters. The van der Waals surface area contributed by atoms with E-state index < -0.39 is 0 Å². The van der Waals surface area contributed by atoms with Crippen LogP contribution in [0.3, 0.4) is 0 Å². The van der Waals surface area contributed by atoms with Crippen LogP contribution in [0.15, 0.2) is 23.1 Å². The maximum atomic E-state index is 6.29. The van der Waals surface area contributed by atoms with E-state index in [0.29, 0.717) is 11.7 Å². The molecular formula is C17H24BrN7. The molecule has 1 unspecified atom stereocenters. The lowest BCUT2D eigenvalue weighted by molar-refractivity contribution is 0.453. The summed E-state index contributed by atoms with van der Waals surface area (Å²) in [7, 11) is 1.90. The fraction of sp³-hybridized carbons (Fsp3) is 0.471. The van der Waals surface area contributed by atoms with Crippen LogP contribution in [0, 0.1) is 0 Å². The number of rotatable bonds is 2. The molecule has 3 aromatic heterocycles. The van der Waals surface area contributed by atoms with Gasteiger partial charge in [-0.3, -0.25) is 4.68 Å². The summed E-state index contributed by atoms with van der Waals surface area (Å²) in [5.41, 5.74) is 10.0. The van der Waals surface area contributed by atoms with E-state index in [1.807, 2.05) is 33.3 Å². The molecule has 0 radical (unpaired) electrons. The third kappa shape index (κ3) is 3.28. The van der Waals surface area contributed by atoms with Gasteiger partial charge in [-0.2, -0.15) is 14.7 Å². The Bertz CT molecular complexity index is 861. The average molecular weight is 406 g/mol. The Morgan fingerprint density at radius 3 is 2.72 bits per heavy atom. The molecule has 3 N–H and O–H groups in total. The molecule has 25 heavy (non-hydrogen) atoms. The molecule has 4 rings (SSSR count). The molecule has 0 bridgehead atoms. The van der Waals surface area contributed by atoms with Gasteiger partial charge in [0.1, 0.15) is 5.82 Å². The minimum Gasteiger partial charge on any atom is -0.383 e. The van der Waals surface area contributed by atoms with E-state index >= 15 is 0 Å². The summed E-state index contributed by atoms with van der Waals surface area (Å²) in [6.07, 6.45) is 7.84. The maximum Gasteiger partial charge on any atom is 0.165 e. The van der Waals surface area contributed by atoms with Crippen molar-refractivity contribution in [3.63, 3.8) is 0 Å². The highest BCUT2D eigenvalue weighted by Crippen LogP contribution is 2.34.